The van der Waals surface area contributed by atoms with Crippen LogP contribution in [-0.4, -0.2) is 46.3 Å². The van der Waals surface area contributed by atoms with Crippen molar-refractivity contribution in [3.05, 3.63) is 75.8 Å². The van der Waals surface area contributed by atoms with Crippen molar-refractivity contribution in [3.8, 4) is 0 Å². The Morgan fingerprint density at radius 3 is 2.61 bits per heavy atom. The van der Waals surface area contributed by atoms with Crippen molar-refractivity contribution < 1.29 is 32.3 Å². The maximum absolute atomic E-state index is 12.9. The van der Waals surface area contributed by atoms with Crippen LogP contribution >= 0.6 is 23.4 Å². The number of hydrogen-bond acceptors (Lipinski definition) is 7. The lowest BCUT2D eigenvalue weighted by Crippen LogP contribution is -2.40. The molecule has 2 heterocycles. The number of carbonyl (C=O) groups excluding carboxylic acids is 3. The molecule has 2 N–H and O–H groups in total. The lowest BCUT2D eigenvalue weighted by Gasteiger charge is -2.29. The summed E-state index contributed by atoms with van der Waals surface area (Å²) in [7, 11) is 0. The van der Waals surface area contributed by atoms with Crippen LogP contribution in [0.15, 0.2) is 64.6 Å². The molecule has 0 unspecified atom stereocenters. The molecule has 1 aromatic heterocycles. The highest BCUT2D eigenvalue weighted by atomic mass is 35.5. The van der Waals surface area contributed by atoms with E-state index in [0.717, 1.165) is 28.2 Å². The smallest absolute Gasteiger partial charge is 0.456 e. The third-order valence-electron chi connectivity index (χ3n) is 6.53. The van der Waals surface area contributed by atoms with Gasteiger partial charge in [-0.25, -0.2) is 4.79 Å². The summed E-state index contributed by atoms with van der Waals surface area (Å²) < 4.78 is 41.8. The fourth-order valence-corrected chi connectivity index (χ4v) is 5.48. The zero-order valence-corrected chi connectivity index (χ0v) is 22.8. The number of thioether (sulfide) groups is 1. The van der Waals surface area contributed by atoms with Crippen LogP contribution in [0, 0.1) is 0 Å². The van der Waals surface area contributed by atoms with Gasteiger partial charge < -0.3 is 15.4 Å². The highest BCUT2D eigenvalue weighted by Crippen LogP contribution is 2.32. The number of nitrogens with zero attached hydrogens (tertiary/aromatic N) is 2. The number of aliphatic imine (C=N–C) groups is 1. The van der Waals surface area contributed by atoms with Crippen LogP contribution < -0.4 is 10.6 Å². The Balaban J connectivity index is 1.19. The molecule has 2 aliphatic rings. The van der Waals surface area contributed by atoms with Crippen molar-refractivity contribution in [3.63, 3.8) is 0 Å². The van der Waals surface area contributed by atoms with Gasteiger partial charge in [-0.05, 0) is 85.5 Å². The van der Waals surface area contributed by atoms with Crippen LogP contribution in [-0.2, 0) is 14.3 Å². The van der Waals surface area contributed by atoms with Crippen molar-refractivity contribution in [1.29, 1.82) is 0 Å². The number of amidine groups is 1. The minimum absolute atomic E-state index is 0.206. The van der Waals surface area contributed by atoms with E-state index in [9.17, 15) is 27.6 Å². The number of aromatic nitrogens is 1. The fraction of sp³-hybridized carbons (Fsp3) is 0.250. The molecule has 0 spiro atoms. The molecule has 0 radical (unpaired) electrons. The number of nitrogens with one attached hydrogen (secondary N) is 2. The van der Waals surface area contributed by atoms with Crippen LogP contribution in [0.4, 0.5) is 18.9 Å². The van der Waals surface area contributed by atoms with Crippen LogP contribution in [0.5, 0.6) is 0 Å². The highest BCUT2D eigenvalue weighted by Gasteiger charge is 2.42. The van der Waals surface area contributed by atoms with Crippen LogP contribution in [0.25, 0.3) is 17.0 Å². The van der Waals surface area contributed by atoms with E-state index < -0.39 is 30.1 Å². The minimum Gasteiger partial charge on any atom is -0.456 e. The largest absolute Gasteiger partial charge is 0.490 e. The number of fused-ring (bicyclic) bond motifs is 1. The van der Waals surface area contributed by atoms with E-state index in [1.165, 1.54) is 18.2 Å². The third kappa shape index (κ3) is 7.06. The average Bonchev–Trinajstić information content (AvgIpc) is 3.28. The summed E-state index contributed by atoms with van der Waals surface area (Å²) in [5, 5.41) is 7.42. The minimum atomic E-state index is -5.03. The number of hydrogen-bond donors (Lipinski definition) is 2. The third-order valence-corrected chi connectivity index (χ3v) is 7.76. The van der Waals surface area contributed by atoms with Crippen molar-refractivity contribution in [2.75, 3.05) is 5.32 Å². The molecule has 0 saturated heterocycles. The first-order chi connectivity index (χ1) is 19.5. The van der Waals surface area contributed by atoms with Gasteiger partial charge in [0.2, 0.25) is 0 Å². The molecule has 1 fully saturated rings. The molecule has 1 aliphatic carbocycles. The van der Waals surface area contributed by atoms with Gasteiger partial charge in [-0.2, -0.15) is 18.2 Å². The summed E-state index contributed by atoms with van der Waals surface area (Å²) >= 11 is 7.47. The average molecular weight is 603 g/mol. The Labute approximate surface area is 241 Å². The summed E-state index contributed by atoms with van der Waals surface area (Å²) in [5.74, 6) is -3.01. The molecule has 13 heteroatoms. The van der Waals surface area contributed by atoms with Gasteiger partial charge in [-0.3, -0.25) is 14.6 Å². The van der Waals surface area contributed by atoms with E-state index in [-0.39, 0.29) is 24.4 Å². The van der Waals surface area contributed by atoms with Gasteiger partial charge in [0.05, 0.1) is 21.1 Å². The van der Waals surface area contributed by atoms with Crippen molar-refractivity contribution in [2.24, 2.45) is 4.99 Å². The first-order valence-corrected chi connectivity index (χ1v) is 13.8. The van der Waals surface area contributed by atoms with Crippen molar-refractivity contribution >= 4 is 69.0 Å². The van der Waals surface area contributed by atoms with Crippen LogP contribution in [0.3, 0.4) is 0 Å². The topological polar surface area (TPSA) is 110 Å². The van der Waals surface area contributed by atoms with E-state index in [4.69, 9.17) is 11.6 Å². The number of carbonyl (C=O) groups is 3. The quantitative estimate of drug-likeness (QED) is 0.268. The maximum atomic E-state index is 12.9. The molecule has 2 amide bonds. The predicted molar refractivity (Wildman–Crippen MR) is 150 cm³/mol. The van der Waals surface area contributed by atoms with Crippen molar-refractivity contribution in [1.82, 2.24) is 10.3 Å². The lowest BCUT2D eigenvalue weighted by atomic mass is 9.92. The molecule has 212 valence electrons. The van der Waals surface area contributed by atoms with E-state index in [0.29, 0.717) is 33.6 Å². The number of alkyl halides is 3. The summed E-state index contributed by atoms with van der Waals surface area (Å²) in [6.07, 6.45) is -1.29. The standard InChI is InChI=1S/C28H22ClF3N4O4S/c29-20-9-4-17(24(37)34-18-5-7-19(8-6-18)40-26(39)28(30,31)32)14-22(20)35-27-36-25(38)23(41-27)13-15-3-10-21-16(12-15)2-1-11-33-21/h1-4,9-14,18-19H,5-8H2,(H,34,37)(H,35,36,38)/b23-13-/t18-,19-. The summed E-state index contributed by atoms with van der Waals surface area (Å²) in [6.45, 7) is 0. The number of anilines is 1. The number of pyridine rings is 1. The first-order valence-electron chi connectivity index (χ1n) is 12.6. The number of amides is 2. The molecule has 0 bridgehead atoms. The number of esters is 1. The molecular formula is C28H22ClF3N4O4S. The van der Waals surface area contributed by atoms with E-state index in [1.54, 1.807) is 12.3 Å². The Hall–Kier alpha value is -3.90. The number of halogens is 4. The zero-order chi connectivity index (χ0) is 29.1. The first kappa shape index (κ1) is 28.6. The molecule has 41 heavy (non-hydrogen) atoms. The Kier molecular flexibility index (Phi) is 8.32. The van der Waals surface area contributed by atoms with Gasteiger partial charge in [0, 0.05) is 23.2 Å². The number of ether oxygens (including phenoxy) is 1. The summed E-state index contributed by atoms with van der Waals surface area (Å²) in [5.41, 5.74) is 2.33. The molecular weight excluding hydrogens is 581 g/mol. The normalized spacial score (nSPS) is 20.1. The second-order valence-corrected chi connectivity index (χ2v) is 10.9. The molecule has 1 aliphatic heterocycles. The van der Waals surface area contributed by atoms with Crippen molar-refractivity contribution in [2.45, 2.75) is 44.0 Å². The number of rotatable bonds is 5. The highest BCUT2D eigenvalue weighted by molar-refractivity contribution is 8.18. The van der Waals surface area contributed by atoms with Crippen LogP contribution in [0.2, 0.25) is 5.02 Å². The van der Waals surface area contributed by atoms with Gasteiger partial charge >= 0.3 is 12.1 Å². The molecule has 5 rings (SSSR count). The molecule has 8 nitrogen and oxygen atoms in total. The second-order valence-electron chi connectivity index (χ2n) is 9.46. The monoisotopic (exact) mass is 602 g/mol. The van der Waals surface area contributed by atoms with E-state index >= 15 is 0 Å². The molecule has 2 aromatic carbocycles. The van der Waals surface area contributed by atoms with Crippen LogP contribution in [0.1, 0.15) is 41.6 Å². The SMILES string of the molecule is O=C1N=C(Nc2cc(C(=O)N[C@H]3CC[C@H](OC(=O)C(F)(F)F)CC3)ccc2Cl)S/C1=C\c1ccc2ncccc2c1. The number of benzene rings is 2. The molecule has 3 aromatic rings. The van der Waals surface area contributed by atoms with E-state index in [2.05, 4.69) is 25.3 Å². The summed E-state index contributed by atoms with van der Waals surface area (Å²) in [4.78, 5) is 45.3. The maximum Gasteiger partial charge on any atom is 0.490 e. The Morgan fingerprint density at radius 2 is 1.85 bits per heavy atom. The van der Waals surface area contributed by atoms with Gasteiger partial charge in [0.25, 0.3) is 11.8 Å². The molecule has 0 atom stereocenters. The van der Waals surface area contributed by atoms with Gasteiger partial charge in [0.15, 0.2) is 5.17 Å². The zero-order valence-electron chi connectivity index (χ0n) is 21.2. The second kappa shape index (κ2) is 11.9. The summed E-state index contributed by atoms with van der Waals surface area (Å²) in [6, 6.07) is 13.7. The van der Waals surface area contributed by atoms with E-state index in [1.807, 2.05) is 30.3 Å². The fourth-order valence-electron chi connectivity index (χ4n) is 4.49. The Bertz CT molecular complexity index is 1590. The molecule has 1 saturated carbocycles. The lowest BCUT2D eigenvalue weighted by molar-refractivity contribution is -0.206. The van der Waals surface area contributed by atoms with Gasteiger partial charge in [-0.15, -0.1) is 0 Å². The van der Waals surface area contributed by atoms with Gasteiger partial charge in [-0.1, -0.05) is 23.7 Å². The Morgan fingerprint density at radius 1 is 1.07 bits per heavy atom. The predicted octanol–water partition coefficient (Wildman–Crippen LogP) is 6.12. The van der Waals surface area contributed by atoms with Gasteiger partial charge in [0.1, 0.15) is 6.10 Å².